The number of amides is 1. The van der Waals surface area contributed by atoms with Crippen LogP contribution in [0.3, 0.4) is 0 Å². The smallest absolute Gasteiger partial charge is 0.416 e. The van der Waals surface area contributed by atoms with Crippen molar-refractivity contribution in [1.82, 2.24) is 19.8 Å². The highest BCUT2D eigenvalue weighted by Crippen LogP contribution is 2.35. The van der Waals surface area contributed by atoms with E-state index in [0.29, 0.717) is 36.0 Å². The second kappa shape index (κ2) is 12.8. The number of rotatable bonds is 8. The van der Waals surface area contributed by atoms with Gasteiger partial charge in [0.15, 0.2) is 0 Å². The van der Waals surface area contributed by atoms with Gasteiger partial charge in [0.25, 0.3) is 5.91 Å². The second-order valence-electron chi connectivity index (χ2n) is 10.6. The Balaban J connectivity index is 1.31. The van der Waals surface area contributed by atoms with Crippen LogP contribution in [0, 0.1) is 6.92 Å². The molecule has 4 aromatic rings. The molecule has 1 aliphatic heterocycles. The van der Waals surface area contributed by atoms with Gasteiger partial charge in [0.1, 0.15) is 5.82 Å². The number of benzene rings is 2. The number of anilines is 3. The van der Waals surface area contributed by atoms with Crippen LogP contribution in [-0.4, -0.2) is 66.0 Å². The fourth-order valence-corrected chi connectivity index (χ4v) is 4.89. The van der Waals surface area contributed by atoms with Crippen molar-refractivity contribution in [2.75, 3.05) is 51.0 Å². The molecule has 0 saturated carbocycles. The maximum absolute atomic E-state index is 14.0. The van der Waals surface area contributed by atoms with E-state index in [1.54, 1.807) is 43.8 Å². The number of halogens is 3. The molecule has 0 spiro atoms. The number of ether oxygens (including phenoxy) is 1. The Hall–Kier alpha value is -4.48. The fraction of sp³-hybridized carbons (Fsp3) is 0.281. The fourth-order valence-electron chi connectivity index (χ4n) is 4.89. The van der Waals surface area contributed by atoms with E-state index in [2.05, 4.69) is 25.5 Å². The number of aryl methyl sites for hydroxylation is 1. The first-order valence-corrected chi connectivity index (χ1v) is 13.9. The largest absolute Gasteiger partial charge is 0.481 e. The van der Waals surface area contributed by atoms with E-state index >= 15 is 0 Å². The number of carbonyl (C=O) groups is 1. The van der Waals surface area contributed by atoms with Crippen molar-refractivity contribution >= 4 is 23.1 Å². The monoisotopic (exact) mass is 590 g/mol. The Morgan fingerprint density at radius 1 is 0.953 bits per heavy atom. The summed E-state index contributed by atoms with van der Waals surface area (Å²) in [6, 6.07) is 16.4. The summed E-state index contributed by atoms with van der Waals surface area (Å²) in [7, 11) is 3.55. The molecule has 1 amide bonds. The normalized spacial score (nSPS) is 14.4. The number of methoxy groups -OCH3 is 1. The molecule has 8 nitrogen and oxygen atoms in total. The zero-order chi connectivity index (χ0) is 30.6. The minimum Gasteiger partial charge on any atom is -0.481 e. The average molecular weight is 591 g/mol. The molecule has 1 fully saturated rings. The van der Waals surface area contributed by atoms with Crippen LogP contribution in [0.15, 0.2) is 73.1 Å². The van der Waals surface area contributed by atoms with Crippen molar-refractivity contribution in [1.29, 1.82) is 0 Å². The third-order valence-electron chi connectivity index (χ3n) is 7.46. The summed E-state index contributed by atoms with van der Waals surface area (Å²) in [6.07, 6.45) is -1.18. The van der Waals surface area contributed by atoms with Gasteiger partial charge < -0.3 is 20.3 Å². The zero-order valence-electron chi connectivity index (χ0n) is 24.2. The molecule has 43 heavy (non-hydrogen) atoms. The highest BCUT2D eigenvalue weighted by molar-refractivity contribution is 6.05. The van der Waals surface area contributed by atoms with Gasteiger partial charge in [-0.15, -0.1) is 0 Å². The van der Waals surface area contributed by atoms with Crippen LogP contribution in [0.25, 0.3) is 11.1 Å². The van der Waals surface area contributed by atoms with Gasteiger partial charge in [-0.2, -0.15) is 13.2 Å². The molecule has 3 heterocycles. The SMILES string of the molecule is COc1ccc(-c2ccnc(Nc3cc(C(=O)Nc4ccc(CN5CCN(C)CC5)c(C(F)(F)F)c4)ccc3C)c2)cn1. The lowest BCUT2D eigenvalue weighted by atomic mass is 10.0. The Bertz CT molecular complexity index is 1590. The second-order valence-corrected chi connectivity index (χ2v) is 10.6. The van der Waals surface area contributed by atoms with Crippen LogP contribution in [0.5, 0.6) is 5.88 Å². The lowest BCUT2D eigenvalue weighted by molar-refractivity contribution is -0.138. The molecular formula is C32H33F3N6O2. The summed E-state index contributed by atoms with van der Waals surface area (Å²) >= 11 is 0. The molecule has 0 aliphatic carbocycles. The van der Waals surface area contributed by atoms with E-state index in [0.717, 1.165) is 35.8 Å². The molecule has 2 aromatic heterocycles. The van der Waals surface area contributed by atoms with Gasteiger partial charge in [-0.3, -0.25) is 9.69 Å². The molecule has 11 heteroatoms. The third kappa shape index (κ3) is 7.49. The Morgan fingerprint density at radius 2 is 1.74 bits per heavy atom. The average Bonchev–Trinajstić information content (AvgIpc) is 3.00. The lowest BCUT2D eigenvalue weighted by Crippen LogP contribution is -2.44. The summed E-state index contributed by atoms with van der Waals surface area (Å²) in [6.45, 7) is 5.11. The number of carbonyl (C=O) groups excluding carboxylic acids is 1. The van der Waals surface area contributed by atoms with Crippen LogP contribution in [0.4, 0.5) is 30.4 Å². The highest BCUT2D eigenvalue weighted by Gasteiger charge is 2.34. The number of alkyl halides is 3. The van der Waals surface area contributed by atoms with Crippen molar-refractivity contribution in [3.63, 3.8) is 0 Å². The van der Waals surface area contributed by atoms with E-state index in [4.69, 9.17) is 4.74 Å². The van der Waals surface area contributed by atoms with Crippen LogP contribution in [0.1, 0.15) is 27.0 Å². The first-order valence-electron chi connectivity index (χ1n) is 13.9. The number of aromatic nitrogens is 2. The van der Waals surface area contributed by atoms with Crippen molar-refractivity contribution in [2.45, 2.75) is 19.6 Å². The summed E-state index contributed by atoms with van der Waals surface area (Å²) in [5, 5.41) is 5.89. The Morgan fingerprint density at radius 3 is 2.44 bits per heavy atom. The van der Waals surface area contributed by atoms with Gasteiger partial charge in [0.05, 0.1) is 12.7 Å². The van der Waals surface area contributed by atoms with Gasteiger partial charge in [-0.05, 0) is 73.1 Å². The van der Waals surface area contributed by atoms with E-state index < -0.39 is 17.6 Å². The molecule has 0 unspecified atom stereocenters. The van der Waals surface area contributed by atoms with Gasteiger partial charge in [-0.25, -0.2) is 9.97 Å². The third-order valence-corrected chi connectivity index (χ3v) is 7.46. The Kier molecular flexibility index (Phi) is 8.93. The van der Waals surface area contributed by atoms with Crippen LogP contribution in [-0.2, 0) is 12.7 Å². The van der Waals surface area contributed by atoms with E-state index in [1.807, 2.05) is 37.1 Å². The topological polar surface area (TPSA) is 82.6 Å². The maximum atomic E-state index is 14.0. The summed E-state index contributed by atoms with van der Waals surface area (Å²) in [5.41, 5.74) is 3.09. The van der Waals surface area contributed by atoms with Crippen LogP contribution >= 0.6 is 0 Å². The molecule has 5 rings (SSSR count). The summed E-state index contributed by atoms with van der Waals surface area (Å²) in [5.74, 6) is 0.548. The van der Waals surface area contributed by atoms with E-state index in [-0.39, 0.29) is 17.8 Å². The minimum absolute atomic E-state index is 0.0806. The predicted molar refractivity (Wildman–Crippen MR) is 161 cm³/mol. The van der Waals surface area contributed by atoms with Crippen molar-refractivity contribution in [3.8, 4) is 17.0 Å². The first kappa shape index (κ1) is 30.0. The van der Waals surface area contributed by atoms with E-state index in [9.17, 15) is 18.0 Å². The maximum Gasteiger partial charge on any atom is 0.416 e. The molecule has 0 radical (unpaired) electrons. The highest BCUT2D eigenvalue weighted by atomic mass is 19.4. The molecule has 224 valence electrons. The van der Waals surface area contributed by atoms with Crippen molar-refractivity contribution in [2.24, 2.45) is 0 Å². The zero-order valence-corrected chi connectivity index (χ0v) is 24.2. The molecule has 2 N–H and O–H groups in total. The first-order chi connectivity index (χ1) is 20.6. The van der Waals surface area contributed by atoms with Gasteiger partial charge >= 0.3 is 6.18 Å². The van der Waals surface area contributed by atoms with Gasteiger partial charge in [0.2, 0.25) is 5.88 Å². The lowest BCUT2D eigenvalue weighted by Gasteiger charge is -2.33. The molecular weight excluding hydrogens is 557 g/mol. The molecule has 1 saturated heterocycles. The molecule has 1 aliphatic rings. The predicted octanol–water partition coefficient (Wildman–Crippen LogP) is 6.22. The number of likely N-dealkylation sites (N-methyl/N-ethyl adjacent to an activating group) is 1. The standard InChI is InChI=1S/C32H33F3N6O2/c1-21-4-5-23(16-28(21)39-29-17-22(10-11-36-29)24-7-9-30(43-3)37-19-24)31(42)38-26-8-6-25(27(18-26)32(33,34)35)20-41-14-12-40(2)13-15-41/h4-11,16-19H,12-15,20H2,1-3H3,(H,36,39)(H,38,42). The molecule has 2 aromatic carbocycles. The summed E-state index contributed by atoms with van der Waals surface area (Å²) < 4.78 is 47.2. The number of hydrogen-bond donors (Lipinski definition) is 2. The minimum atomic E-state index is -4.55. The number of nitrogens with zero attached hydrogens (tertiary/aromatic N) is 4. The van der Waals surface area contributed by atoms with Crippen LogP contribution < -0.4 is 15.4 Å². The van der Waals surface area contributed by atoms with Crippen molar-refractivity contribution in [3.05, 3.63) is 95.3 Å². The Labute approximate surface area is 248 Å². The van der Waals surface area contributed by atoms with Gasteiger partial charge in [0, 0.05) is 73.7 Å². The number of hydrogen-bond acceptors (Lipinski definition) is 7. The summed E-state index contributed by atoms with van der Waals surface area (Å²) in [4.78, 5) is 26.0. The van der Waals surface area contributed by atoms with Crippen molar-refractivity contribution < 1.29 is 22.7 Å². The van der Waals surface area contributed by atoms with Gasteiger partial charge in [-0.1, -0.05) is 12.1 Å². The quantitative estimate of drug-likeness (QED) is 0.252. The molecule has 0 atom stereocenters. The number of nitrogens with one attached hydrogen (secondary N) is 2. The molecule has 0 bridgehead atoms. The number of pyridine rings is 2. The van der Waals surface area contributed by atoms with Crippen LogP contribution in [0.2, 0.25) is 0 Å². The number of piperazine rings is 1. The van der Waals surface area contributed by atoms with E-state index in [1.165, 1.54) is 12.1 Å².